The van der Waals surface area contributed by atoms with Crippen LogP contribution in [0.4, 0.5) is 17.1 Å². The van der Waals surface area contributed by atoms with Crippen molar-refractivity contribution in [1.29, 1.82) is 0 Å². The summed E-state index contributed by atoms with van der Waals surface area (Å²) < 4.78 is 0. The summed E-state index contributed by atoms with van der Waals surface area (Å²) in [5.41, 5.74) is 18.4. The maximum atomic E-state index is 2.46. The molecular formula is C52H39N. The van der Waals surface area contributed by atoms with Gasteiger partial charge in [-0.2, -0.15) is 0 Å². The van der Waals surface area contributed by atoms with E-state index in [0.717, 1.165) is 17.1 Å². The fourth-order valence-corrected chi connectivity index (χ4v) is 9.30. The molecule has 0 atom stereocenters. The van der Waals surface area contributed by atoms with Crippen molar-refractivity contribution < 1.29 is 0 Å². The van der Waals surface area contributed by atoms with E-state index in [0.29, 0.717) is 0 Å². The van der Waals surface area contributed by atoms with Crippen LogP contribution in [0.15, 0.2) is 200 Å². The molecule has 8 aromatic carbocycles. The first-order valence-electron chi connectivity index (χ1n) is 18.6. The van der Waals surface area contributed by atoms with Crippen molar-refractivity contribution in [1.82, 2.24) is 0 Å². The molecule has 10 rings (SSSR count). The summed E-state index contributed by atoms with van der Waals surface area (Å²) in [5, 5.41) is 0. The van der Waals surface area contributed by atoms with E-state index < -0.39 is 5.41 Å². The summed E-state index contributed by atoms with van der Waals surface area (Å²) in [6.07, 6.45) is 0. The van der Waals surface area contributed by atoms with E-state index in [1.807, 2.05) is 0 Å². The number of fused-ring (bicyclic) bond motifs is 6. The van der Waals surface area contributed by atoms with E-state index in [1.54, 1.807) is 0 Å². The smallest absolute Gasteiger partial charge is 0.0714 e. The minimum Gasteiger partial charge on any atom is -0.310 e. The van der Waals surface area contributed by atoms with Crippen molar-refractivity contribution in [3.63, 3.8) is 0 Å². The van der Waals surface area contributed by atoms with Gasteiger partial charge >= 0.3 is 0 Å². The molecule has 0 N–H and O–H groups in total. The number of hydrogen-bond acceptors (Lipinski definition) is 1. The highest BCUT2D eigenvalue weighted by atomic mass is 15.1. The number of nitrogens with zero attached hydrogens (tertiary/aromatic N) is 1. The highest BCUT2D eigenvalue weighted by Crippen LogP contribution is 2.57. The predicted octanol–water partition coefficient (Wildman–Crippen LogP) is 13.5. The van der Waals surface area contributed by atoms with Gasteiger partial charge in [-0.15, -0.1) is 0 Å². The van der Waals surface area contributed by atoms with Gasteiger partial charge in [-0.1, -0.05) is 178 Å². The van der Waals surface area contributed by atoms with Crippen molar-refractivity contribution in [2.75, 3.05) is 4.90 Å². The zero-order chi connectivity index (χ0) is 35.6. The van der Waals surface area contributed by atoms with Crippen LogP contribution in [-0.4, -0.2) is 0 Å². The maximum Gasteiger partial charge on any atom is 0.0714 e. The first-order valence-corrected chi connectivity index (χ1v) is 18.6. The molecule has 0 unspecified atom stereocenters. The molecular weight excluding hydrogens is 639 g/mol. The molecule has 8 aromatic rings. The standard InChI is InChI=1S/C52H39N/c1-51(2)47-24-14-12-23-44(47)46-34-41(31-33-48(46)51)53(40-28-26-37(27-29-40)36-16-6-3-7-17-36)42-30-32-45-43-22-13-15-25-49(43)52(50(45)35-42,38-18-8-4-9-19-38)39-20-10-5-11-21-39/h3-35H,1-2H3. The SMILES string of the molecule is CC1(C)c2ccccc2-c2cc(N(c3ccc(-c4ccccc4)cc3)c3ccc4c(c3)C(c3ccccc3)(c3ccccc3)c3ccccc3-4)ccc21. The molecule has 0 amide bonds. The molecule has 0 radical (unpaired) electrons. The number of anilines is 3. The molecule has 0 bridgehead atoms. The van der Waals surface area contributed by atoms with Crippen LogP contribution in [0.2, 0.25) is 0 Å². The molecule has 2 aliphatic carbocycles. The van der Waals surface area contributed by atoms with Crippen LogP contribution in [0.1, 0.15) is 47.2 Å². The van der Waals surface area contributed by atoms with Gasteiger partial charge in [0.1, 0.15) is 0 Å². The van der Waals surface area contributed by atoms with E-state index in [2.05, 4.69) is 219 Å². The van der Waals surface area contributed by atoms with Gasteiger partial charge in [0, 0.05) is 22.5 Å². The van der Waals surface area contributed by atoms with Crippen LogP contribution in [-0.2, 0) is 10.8 Å². The topological polar surface area (TPSA) is 3.24 Å². The van der Waals surface area contributed by atoms with Crippen LogP contribution >= 0.6 is 0 Å². The Hall–Kier alpha value is -6.44. The first kappa shape index (κ1) is 31.3. The first-order chi connectivity index (χ1) is 26.0. The predicted molar refractivity (Wildman–Crippen MR) is 221 cm³/mol. The second-order valence-corrected chi connectivity index (χ2v) is 14.9. The molecule has 53 heavy (non-hydrogen) atoms. The zero-order valence-electron chi connectivity index (χ0n) is 30.0. The molecule has 0 saturated carbocycles. The van der Waals surface area contributed by atoms with E-state index in [9.17, 15) is 0 Å². The second-order valence-electron chi connectivity index (χ2n) is 14.9. The monoisotopic (exact) mass is 677 g/mol. The van der Waals surface area contributed by atoms with Crippen molar-refractivity contribution in [2.45, 2.75) is 24.7 Å². The van der Waals surface area contributed by atoms with Gasteiger partial charge < -0.3 is 4.90 Å². The highest BCUT2D eigenvalue weighted by molar-refractivity contribution is 5.91. The fourth-order valence-electron chi connectivity index (χ4n) is 9.30. The number of benzene rings is 8. The molecule has 1 nitrogen and oxygen atoms in total. The molecule has 0 aromatic heterocycles. The summed E-state index contributed by atoms with van der Waals surface area (Å²) in [4.78, 5) is 2.45. The molecule has 1 heteroatoms. The molecule has 0 aliphatic heterocycles. The Morgan fingerprint density at radius 3 is 1.43 bits per heavy atom. The summed E-state index contributed by atoms with van der Waals surface area (Å²) in [6.45, 7) is 4.70. The lowest BCUT2D eigenvalue weighted by molar-refractivity contribution is 0.660. The Balaban J connectivity index is 1.22. The van der Waals surface area contributed by atoms with Gasteiger partial charge in [0.25, 0.3) is 0 Å². The fraction of sp³-hybridized carbons (Fsp3) is 0.0769. The normalized spacial score (nSPS) is 14.2. The van der Waals surface area contributed by atoms with Gasteiger partial charge in [-0.05, 0) is 103 Å². The van der Waals surface area contributed by atoms with E-state index in [4.69, 9.17) is 0 Å². The minimum atomic E-state index is -0.478. The molecule has 0 fully saturated rings. The minimum absolute atomic E-state index is 0.0586. The van der Waals surface area contributed by atoms with Gasteiger partial charge in [-0.3, -0.25) is 0 Å². The van der Waals surface area contributed by atoms with Gasteiger partial charge in [0.2, 0.25) is 0 Å². The average Bonchev–Trinajstić information content (AvgIpc) is 3.64. The number of hydrogen-bond donors (Lipinski definition) is 0. The third-order valence-electron chi connectivity index (χ3n) is 11.8. The van der Waals surface area contributed by atoms with Crippen LogP contribution in [0.25, 0.3) is 33.4 Å². The Morgan fingerprint density at radius 1 is 0.321 bits per heavy atom. The third kappa shape index (κ3) is 4.70. The van der Waals surface area contributed by atoms with Crippen LogP contribution in [0.3, 0.4) is 0 Å². The van der Waals surface area contributed by atoms with Gasteiger partial charge in [0.05, 0.1) is 5.41 Å². The van der Waals surface area contributed by atoms with E-state index in [1.165, 1.54) is 66.8 Å². The molecule has 0 heterocycles. The summed E-state index contributed by atoms with van der Waals surface area (Å²) in [6, 6.07) is 74.0. The lowest BCUT2D eigenvalue weighted by Gasteiger charge is -2.35. The largest absolute Gasteiger partial charge is 0.310 e. The highest BCUT2D eigenvalue weighted by Gasteiger charge is 2.46. The summed E-state index contributed by atoms with van der Waals surface area (Å²) in [5.74, 6) is 0. The Labute approximate surface area is 312 Å². The van der Waals surface area contributed by atoms with Crippen molar-refractivity contribution in [3.8, 4) is 33.4 Å². The Bertz CT molecular complexity index is 2580. The van der Waals surface area contributed by atoms with E-state index >= 15 is 0 Å². The summed E-state index contributed by atoms with van der Waals surface area (Å²) in [7, 11) is 0. The van der Waals surface area contributed by atoms with E-state index in [-0.39, 0.29) is 5.41 Å². The summed E-state index contributed by atoms with van der Waals surface area (Å²) >= 11 is 0. The van der Waals surface area contributed by atoms with Gasteiger partial charge in [0.15, 0.2) is 0 Å². The molecule has 2 aliphatic rings. The van der Waals surface area contributed by atoms with Crippen molar-refractivity contribution in [3.05, 3.63) is 234 Å². The lowest BCUT2D eigenvalue weighted by atomic mass is 9.67. The number of rotatable bonds is 6. The molecule has 0 spiro atoms. The van der Waals surface area contributed by atoms with Crippen LogP contribution in [0.5, 0.6) is 0 Å². The second kappa shape index (κ2) is 12.1. The average molecular weight is 678 g/mol. The lowest BCUT2D eigenvalue weighted by Crippen LogP contribution is -2.28. The molecule has 252 valence electrons. The van der Waals surface area contributed by atoms with Crippen LogP contribution in [0, 0.1) is 0 Å². The molecule has 0 saturated heterocycles. The quantitative estimate of drug-likeness (QED) is 0.169. The Morgan fingerprint density at radius 2 is 0.774 bits per heavy atom. The third-order valence-corrected chi connectivity index (χ3v) is 11.8. The van der Waals surface area contributed by atoms with Crippen molar-refractivity contribution in [2.24, 2.45) is 0 Å². The Kier molecular flexibility index (Phi) is 7.13. The maximum absolute atomic E-state index is 2.46. The zero-order valence-corrected chi connectivity index (χ0v) is 30.0. The van der Waals surface area contributed by atoms with Crippen LogP contribution < -0.4 is 4.90 Å². The van der Waals surface area contributed by atoms with Gasteiger partial charge in [-0.25, -0.2) is 0 Å². The van der Waals surface area contributed by atoms with Crippen molar-refractivity contribution >= 4 is 17.1 Å².